The topological polar surface area (TPSA) is 134 Å². The van der Waals surface area contributed by atoms with E-state index in [9.17, 15) is 33.0 Å². The van der Waals surface area contributed by atoms with Crippen molar-refractivity contribution in [2.75, 3.05) is 7.05 Å². The molecule has 0 aliphatic heterocycles. The largest absolute Gasteiger partial charge is 0.573 e. The van der Waals surface area contributed by atoms with Gasteiger partial charge < -0.3 is 25.6 Å². The van der Waals surface area contributed by atoms with Crippen LogP contribution in [0.2, 0.25) is 0 Å². The zero-order valence-electron chi connectivity index (χ0n) is 22.2. The first-order valence-corrected chi connectivity index (χ1v) is 12.7. The van der Waals surface area contributed by atoms with Gasteiger partial charge in [-0.2, -0.15) is 0 Å². The van der Waals surface area contributed by atoms with Crippen LogP contribution < -0.4 is 15.4 Å². The number of aliphatic hydroxyl groups is 1. The number of carbonyl (C=O) groups excluding carboxylic acids is 1. The molecule has 1 amide bonds. The SMILES string of the molecule is CNC(Cc1ccc(-c2ncc(-c3ccc(OC(F)(F)F)cc3)cn2)cc1)C(=O)NC(C(=O)O)C(O)c1ccccc1. The minimum absolute atomic E-state index is 0.240. The number of amides is 1. The maximum absolute atomic E-state index is 12.9. The fourth-order valence-electron chi connectivity index (χ4n) is 4.20. The molecule has 4 rings (SSSR count). The zero-order valence-corrected chi connectivity index (χ0v) is 22.2. The highest BCUT2D eigenvalue weighted by molar-refractivity contribution is 5.87. The van der Waals surface area contributed by atoms with Gasteiger partial charge in [0.25, 0.3) is 0 Å². The number of aliphatic carboxylic acids is 1. The lowest BCUT2D eigenvalue weighted by molar-refractivity contribution is -0.274. The van der Waals surface area contributed by atoms with Crippen LogP contribution in [0.15, 0.2) is 91.3 Å². The fourth-order valence-corrected chi connectivity index (χ4v) is 4.20. The molecule has 0 saturated heterocycles. The highest BCUT2D eigenvalue weighted by Crippen LogP contribution is 2.27. The Morgan fingerprint density at radius 3 is 2.02 bits per heavy atom. The Kier molecular flexibility index (Phi) is 9.50. The molecule has 0 spiro atoms. The molecule has 0 aliphatic carbocycles. The second-order valence-electron chi connectivity index (χ2n) is 9.29. The normalized spacial score (nSPS) is 13.5. The Morgan fingerprint density at radius 1 is 0.881 bits per heavy atom. The molecular formula is C30H27F3N4O5. The number of likely N-dealkylation sites (N-methyl/N-ethyl adjacent to an activating group) is 1. The van der Waals surface area contributed by atoms with E-state index < -0.39 is 36.4 Å². The Balaban J connectivity index is 1.39. The van der Waals surface area contributed by atoms with Crippen molar-refractivity contribution in [2.24, 2.45) is 0 Å². The standard InChI is InChI=1S/C30H27F3N4O5/c1-34-24(28(39)37-25(29(40)41)26(38)20-5-3-2-4-6-20)15-18-7-9-21(10-8-18)27-35-16-22(17-36-27)19-11-13-23(14-12-19)42-30(31,32)33/h2-14,16-17,24-26,34,38H,15H2,1H3,(H,37,39)(H,40,41). The van der Waals surface area contributed by atoms with Crippen LogP contribution >= 0.6 is 0 Å². The van der Waals surface area contributed by atoms with Gasteiger partial charge in [0.2, 0.25) is 5.91 Å². The number of aromatic nitrogens is 2. The third-order valence-electron chi connectivity index (χ3n) is 6.41. The summed E-state index contributed by atoms with van der Waals surface area (Å²) in [7, 11) is 1.58. The Hall–Kier alpha value is -4.81. The van der Waals surface area contributed by atoms with Crippen LogP contribution in [0, 0.1) is 0 Å². The number of hydrogen-bond acceptors (Lipinski definition) is 7. The fraction of sp³-hybridized carbons (Fsp3) is 0.200. The van der Waals surface area contributed by atoms with Crippen molar-refractivity contribution in [3.63, 3.8) is 0 Å². The number of carbonyl (C=O) groups is 2. The molecule has 0 bridgehead atoms. The highest BCUT2D eigenvalue weighted by atomic mass is 19.4. The third-order valence-corrected chi connectivity index (χ3v) is 6.41. The average molecular weight is 581 g/mol. The van der Waals surface area contributed by atoms with Crippen molar-refractivity contribution in [1.82, 2.24) is 20.6 Å². The van der Waals surface area contributed by atoms with Crippen LogP contribution in [0.1, 0.15) is 17.2 Å². The number of benzene rings is 3. The molecule has 4 N–H and O–H groups in total. The van der Waals surface area contributed by atoms with Gasteiger partial charge >= 0.3 is 12.3 Å². The summed E-state index contributed by atoms with van der Waals surface area (Å²) in [4.78, 5) is 33.4. The number of rotatable bonds is 11. The zero-order chi connectivity index (χ0) is 30.3. The Labute approximate surface area is 239 Å². The molecule has 3 aromatic carbocycles. The molecule has 42 heavy (non-hydrogen) atoms. The molecular weight excluding hydrogens is 553 g/mol. The van der Waals surface area contributed by atoms with Gasteiger partial charge in [-0.05, 0) is 42.3 Å². The van der Waals surface area contributed by atoms with E-state index in [0.717, 1.165) is 5.56 Å². The summed E-state index contributed by atoms with van der Waals surface area (Å²) in [5.41, 5.74) is 3.06. The van der Waals surface area contributed by atoms with Gasteiger partial charge in [-0.3, -0.25) is 4.79 Å². The van der Waals surface area contributed by atoms with Crippen LogP contribution in [-0.4, -0.2) is 57.6 Å². The van der Waals surface area contributed by atoms with Gasteiger partial charge in [-0.25, -0.2) is 14.8 Å². The predicted molar refractivity (Wildman–Crippen MR) is 147 cm³/mol. The molecule has 1 aromatic heterocycles. The number of alkyl halides is 3. The smallest absolute Gasteiger partial charge is 0.480 e. The maximum Gasteiger partial charge on any atom is 0.573 e. The van der Waals surface area contributed by atoms with Crippen LogP contribution in [0.25, 0.3) is 22.5 Å². The van der Waals surface area contributed by atoms with E-state index >= 15 is 0 Å². The first-order valence-electron chi connectivity index (χ1n) is 12.7. The van der Waals surface area contributed by atoms with Crippen LogP contribution in [0.3, 0.4) is 0 Å². The van der Waals surface area contributed by atoms with E-state index in [-0.39, 0.29) is 12.2 Å². The molecule has 0 radical (unpaired) electrons. The molecule has 4 aromatic rings. The lowest BCUT2D eigenvalue weighted by Crippen LogP contribution is -2.52. The van der Waals surface area contributed by atoms with E-state index in [1.54, 1.807) is 74.0 Å². The lowest BCUT2D eigenvalue weighted by Gasteiger charge is -2.24. The van der Waals surface area contributed by atoms with Gasteiger partial charge in [0.15, 0.2) is 11.9 Å². The van der Waals surface area contributed by atoms with Crippen molar-refractivity contribution in [2.45, 2.75) is 31.0 Å². The molecule has 1 heterocycles. The average Bonchev–Trinajstić information content (AvgIpc) is 2.98. The summed E-state index contributed by atoms with van der Waals surface area (Å²) in [5.74, 6) is -1.85. The van der Waals surface area contributed by atoms with E-state index in [1.807, 2.05) is 0 Å². The Bertz CT molecular complexity index is 1480. The molecule has 0 fully saturated rings. The van der Waals surface area contributed by atoms with Gasteiger partial charge in [0.1, 0.15) is 11.9 Å². The van der Waals surface area contributed by atoms with E-state index in [1.165, 1.54) is 24.3 Å². The van der Waals surface area contributed by atoms with Gasteiger partial charge in [0.05, 0.1) is 6.04 Å². The molecule has 3 unspecified atom stereocenters. The number of ether oxygens (including phenoxy) is 1. The molecule has 3 atom stereocenters. The van der Waals surface area contributed by atoms with Gasteiger partial charge in [-0.1, -0.05) is 66.7 Å². The molecule has 9 nitrogen and oxygen atoms in total. The van der Waals surface area contributed by atoms with E-state index in [2.05, 4.69) is 25.3 Å². The molecule has 0 aliphatic rings. The summed E-state index contributed by atoms with van der Waals surface area (Å²) in [6.45, 7) is 0. The molecule has 12 heteroatoms. The van der Waals surface area contributed by atoms with Crippen LogP contribution in [-0.2, 0) is 16.0 Å². The van der Waals surface area contributed by atoms with Crippen molar-refractivity contribution in [1.29, 1.82) is 0 Å². The maximum atomic E-state index is 12.9. The minimum Gasteiger partial charge on any atom is -0.480 e. The molecule has 218 valence electrons. The summed E-state index contributed by atoms with van der Waals surface area (Å²) in [6, 6.07) is 18.4. The predicted octanol–water partition coefficient (Wildman–Crippen LogP) is 4.14. The number of carboxylic acid groups (broad SMARTS) is 1. The summed E-state index contributed by atoms with van der Waals surface area (Å²) in [5, 5.41) is 25.5. The van der Waals surface area contributed by atoms with Crippen molar-refractivity contribution < 1.29 is 37.7 Å². The monoisotopic (exact) mass is 580 g/mol. The first kappa shape index (κ1) is 30.2. The number of halogens is 3. The van der Waals surface area contributed by atoms with Gasteiger partial charge in [-0.15, -0.1) is 13.2 Å². The van der Waals surface area contributed by atoms with E-state index in [4.69, 9.17) is 0 Å². The number of nitrogens with one attached hydrogen (secondary N) is 2. The van der Waals surface area contributed by atoms with Crippen molar-refractivity contribution >= 4 is 11.9 Å². The number of aliphatic hydroxyl groups excluding tert-OH is 1. The van der Waals surface area contributed by atoms with Crippen molar-refractivity contribution in [3.05, 3.63) is 102 Å². The second-order valence-corrected chi connectivity index (χ2v) is 9.29. The minimum atomic E-state index is -4.77. The Morgan fingerprint density at radius 2 is 1.48 bits per heavy atom. The summed E-state index contributed by atoms with van der Waals surface area (Å²) in [6.07, 6.45) is -2.85. The summed E-state index contributed by atoms with van der Waals surface area (Å²) >= 11 is 0. The second kappa shape index (κ2) is 13.2. The van der Waals surface area contributed by atoms with Crippen LogP contribution in [0.5, 0.6) is 5.75 Å². The third kappa shape index (κ3) is 7.89. The number of hydrogen-bond donors (Lipinski definition) is 4. The van der Waals surface area contributed by atoms with Crippen LogP contribution in [0.4, 0.5) is 13.2 Å². The van der Waals surface area contributed by atoms with Crippen molar-refractivity contribution in [3.8, 4) is 28.3 Å². The number of nitrogens with zero attached hydrogens (tertiary/aromatic N) is 2. The van der Waals surface area contributed by atoms with E-state index in [0.29, 0.717) is 28.1 Å². The highest BCUT2D eigenvalue weighted by Gasteiger charge is 2.32. The first-order chi connectivity index (χ1) is 20.0. The quantitative estimate of drug-likeness (QED) is 0.208. The van der Waals surface area contributed by atoms with Gasteiger partial charge in [0, 0.05) is 23.5 Å². The lowest BCUT2D eigenvalue weighted by atomic mass is 10.0. The molecule has 0 saturated carbocycles. The number of carboxylic acids is 1. The summed E-state index contributed by atoms with van der Waals surface area (Å²) < 4.78 is 41.0.